The molecule has 1 aromatic heterocycles. The summed E-state index contributed by atoms with van der Waals surface area (Å²) in [5, 5.41) is 0. The van der Waals surface area contributed by atoms with E-state index in [1.54, 1.807) is 35.2 Å². The summed E-state index contributed by atoms with van der Waals surface area (Å²) in [7, 11) is 0. The van der Waals surface area contributed by atoms with Gasteiger partial charge >= 0.3 is 5.56 Å². The van der Waals surface area contributed by atoms with Gasteiger partial charge < -0.3 is 15.0 Å². The van der Waals surface area contributed by atoms with Crippen molar-refractivity contribution in [2.45, 2.75) is 26.8 Å². The fourth-order valence-corrected chi connectivity index (χ4v) is 1.77. The Morgan fingerprint density at radius 1 is 1.37 bits per heavy atom. The summed E-state index contributed by atoms with van der Waals surface area (Å²) in [6, 6.07) is 5.31. The number of nitrogens with zero attached hydrogens (tertiary/aromatic N) is 2. The largest absolute Gasteiger partial charge is 0.434 e. The van der Waals surface area contributed by atoms with Crippen LogP contribution in [0.2, 0.25) is 0 Å². The Kier molecular flexibility index (Phi) is 3.55. The maximum Gasteiger partial charge on any atom is 0.313 e. The first-order chi connectivity index (χ1) is 8.99. The minimum Gasteiger partial charge on any atom is -0.434 e. The number of nitrogen functional groups attached to an aromatic ring is 1. The molecule has 0 aliphatic rings. The average molecular weight is 259 g/mol. The quantitative estimate of drug-likeness (QED) is 0.860. The maximum absolute atomic E-state index is 12.1. The first-order valence-electron chi connectivity index (χ1n) is 6.10. The van der Waals surface area contributed by atoms with Gasteiger partial charge in [0, 0.05) is 24.1 Å². The van der Waals surface area contributed by atoms with Gasteiger partial charge in [0.05, 0.1) is 0 Å². The molecule has 2 rings (SSSR count). The number of aromatic nitrogens is 2. The van der Waals surface area contributed by atoms with Gasteiger partial charge in [-0.3, -0.25) is 4.79 Å². The summed E-state index contributed by atoms with van der Waals surface area (Å²) < 4.78 is 7.16. The van der Waals surface area contributed by atoms with Gasteiger partial charge in [-0.15, -0.1) is 0 Å². The Morgan fingerprint density at radius 2 is 2.11 bits per heavy atom. The summed E-state index contributed by atoms with van der Waals surface area (Å²) in [6.07, 6.45) is 3.21. The van der Waals surface area contributed by atoms with Crippen molar-refractivity contribution in [2.75, 3.05) is 5.73 Å². The zero-order valence-corrected chi connectivity index (χ0v) is 11.3. The molecule has 0 unspecified atom stereocenters. The maximum atomic E-state index is 12.1. The summed E-state index contributed by atoms with van der Waals surface area (Å²) in [4.78, 5) is 16.1. The van der Waals surface area contributed by atoms with Crippen molar-refractivity contribution in [3.05, 3.63) is 46.5 Å². The first kappa shape index (κ1) is 13.1. The minimum atomic E-state index is -0.242. The number of ether oxygens (including phenoxy) is 1. The lowest BCUT2D eigenvalue weighted by Gasteiger charge is -2.12. The number of benzene rings is 1. The van der Waals surface area contributed by atoms with Crippen LogP contribution in [0.3, 0.4) is 0 Å². The van der Waals surface area contributed by atoms with Gasteiger partial charge in [-0.25, -0.2) is 4.98 Å². The highest BCUT2D eigenvalue weighted by Crippen LogP contribution is 2.23. The number of aryl methyl sites for hydroxylation is 1. The third kappa shape index (κ3) is 2.76. The van der Waals surface area contributed by atoms with E-state index in [0.29, 0.717) is 11.4 Å². The molecule has 0 radical (unpaired) electrons. The monoisotopic (exact) mass is 259 g/mol. The smallest absolute Gasteiger partial charge is 0.313 e. The number of rotatable bonds is 3. The molecular weight excluding hydrogens is 242 g/mol. The van der Waals surface area contributed by atoms with E-state index in [4.69, 9.17) is 10.5 Å². The summed E-state index contributed by atoms with van der Waals surface area (Å²) in [6.45, 7) is 5.73. The van der Waals surface area contributed by atoms with E-state index in [1.807, 2.05) is 20.8 Å². The zero-order valence-electron chi connectivity index (χ0n) is 11.3. The number of hydrogen-bond acceptors (Lipinski definition) is 4. The molecule has 2 aromatic rings. The molecule has 100 valence electrons. The lowest BCUT2D eigenvalue weighted by molar-refractivity contribution is 0.434. The Morgan fingerprint density at radius 3 is 2.74 bits per heavy atom. The van der Waals surface area contributed by atoms with E-state index in [0.717, 1.165) is 5.56 Å². The topological polar surface area (TPSA) is 70.1 Å². The van der Waals surface area contributed by atoms with Crippen LogP contribution in [0.4, 0.5) is 5.69 Å². The van der Waals surface area contributed by atoms with Crippen LogP contribution < -0.4 is 16.0 Å². The van der Waals surface area contributed by atoms with Gasteiger partial charge in [0.2, 0.25) is 0 Å². The molecule has 0 amide bonds. The molecule has 0 fully saturated rings. The standard InChI is InChI=1S/C14H17N3O2/c1-9(2)17-7-6-16-13(14(17)18)19-12-5-4-11(15)8-10(12)3/h4-9H,15H2,1-3H3. The van der Waals surface area contributed by atoms with E-state index in [9.17, 15) is 4.79 Å². The predicted octanol–water partition coefficient (Wildman–Crippen LogP) is 2.51. The van der Waals surface area contributed by atoms with Gasteiger partial charge in [0.25, 0.3) is 5.88 Å². The van der Waals surface area contributed by atoms with Gasteiger partial charge in [-0.2, -0.15) is 0 Å². The Balaban J connectivity index is 2.39. The molecule has 0 aliphatic carbocycles. The molecular formula is C14H17N3O2. The second-order valence-corrected chi connectivity index (χ2v) is 4.67. The fourth-order valence-electron chi connectivity index (χ4n) is 1.77. The lowest BCUT2D eigenvalue weighted by Crippen LogP contribution is -2.23. The summed E-state index contributed by atoms with van der Waals surface area (Å²) in [5.41, 5.74) is 6.96. The van der Waals surface area contributed by atoms with Gasteiger partial charge in [0.15, 0.2) is 0 Å². The molecule has 0 saturated heterocycles. The van der Waals surface area contributed by atoms with Crippen molar-refractivity contribution >= 4 is 5.69 Å². The van der Waals surface area contributed by atoms with Crippen LogP contribution >= 0.6 is 0 Å². The van der Waals surface area contributed by atoms with Crippen LogP contribution in [0.25, 0.3) is 0 Å². The average Bonchev–Trinajstić information content (AvgIpc) is 2.34. The Bertz CT molecular complexity index is 647. The SMILES string of the molecule is Cc1cc(N)ccc1Oc1nccn(C(C)C)c1=O. The summed E-state index contributed by atoms with van der Waals surface area (Å²) in [5.74, 6) is 0.657. The second kappa shape index (κ2) is 5.14. The summed E-state index contributed by atoms with van der Waals surface area (Å²) >= 11 is 0. The molecule has 5 heteroatoms. The van der Waals surface area contributed by atoms with E-state index in [-0.39, 0.29) is 17.5 Å². The number of nitrogens with two attached hydrogens (primary N) is 1. The highest BCUT2D eigenvalue weighted by atomic mass is 16.5. The molecule has 2 N–H and O–H groups in total. The van der Waals surface area contributed by atoms with Crippen molar-refractivity contribution in [2.24, 2.45) is 0 Å². The molecule has 0 spiro atoms. The fraction of sp³-hybridized carbons (Fsp3) is 0.286. The Labute approximate surface area is 111 Å². The second-order valence-electron chi connectivity index (χ2n) is 4.67. The lowest BCUT2D eigenvalue weighted by atomic mass is 10.2. The normalized spacial score (nSPS) is 10.7. The van der Waals surface area contributed by atoms with Crippen molar-refractivity contribution in [1.82, 2.24) is 9.55 Å². The highest BCUT2D eigenvalue weighted by Gasteiger charge is 2.10. The minimum absolute atomic E-state index is 0.0605. The third-order valence-corrected chi connectivity index (χ3v) is 2.80. The number of anilines is 1. The van der Waals surface area contributed by atoms with Crippen LogP contribution in [-0.2, 0) is 0 Å². The van der Waals surface area contributed by atoms with Crippen molar-refractivity contribution in [3.63, 3.8) is 0 Å². The van der Waals surface area contributed by atoms with Crippen LogP contribution in [0.1, 0.15) is 25.5 Å². The van der Waals surface area contributed by atoms with E-state index < -0.39 is 0 Å². The van der Waals surface area contributed by atoms with Crippen LogP contribution in [0.15, 0.2) is 35.4 Å². The van der Waals surface area contributed by atoms with E-state index in [2.05, 4.69) is 4.98 Å². The molecule has 19 heavy (non-hydrogen) atoms. The van der Waals surface area contributed by atoms with Crippen molar-refractivity contribution in [3.8, 4) is 11.6 Å². The Hall–Kier alpha value is -2.30. The molecule has 0 saturated carbocycles. The molecule has 0 aliphatic heterocycles. The number of hydrogen-bond donors (Lipinski definition) is 1. The third-order valence-electron chi connectivity index (χ3n) is 2.80. The van der Waals surface area contributed by atoms with Gasteiger partial charge in [-0.1, -0.05) is 0 Å². The van der Waals surface area contributed by atoms with E-state index in [1.165, 1.54) is 0 Å². The zero-order chi connectivity index (χ0) is 14.0. The van der Waals surface area contributed by atoms with E-state index >= 15 is 0 Å². The predicted molar refractivity (Wildman–Crippen MR) is 74.5 cm³/mol. The van der Waals surface area contributed by atoms with Crippen LogP contribution in [0.5, 0.6) is 11.6 Å². The van der Waals surface area contributed by atoms with Crippen LogP contribution in [0, 0.1) is 6.92 Å². The molecule has 1 heterocycles. The van der Waals surface area contributed by atoms with Crippen molar-refractivity contribution in [1.29, 1.82) is 0 Å². The van der Waals surface area contributed by atoms with Crippen LogP contribution in [-0.4, -0.2) is 9.55 Å². The molecule has 5 nitrogen and oxygen atoms in total. The molecule has 1 aromatic carbocycles. The highest BCUT2D eigenvalue weighted by molar-refractivity contribution is 5.47. The molecule has 0 atom stereocenters. The molecule has 0 bridgehead atoms. The first-order valence-corrected chi connectivity index (χ1v) is 6.10. The van der Waals surface area contributed by atoms with Crippen molar-refractivity contribution < 1.29 is 4.74 Å². The van der Waals surface area contributed by atoms with Gasteiger partial charge in [-0.05, 0) is 44.5 Å². The van der Waals surface area contributed by atoms with Gasteiger partial charge in [0.1, 0.15) is 5.75 Å².